The van der Waals surface area contributed by atoms with Crippen LogP contribution >= 0.6 is 0 Å². The molecule has 1 aliphatic rings. The number of pyridine rings is 1. The molecule has 1 saturated heterocycles. The number of hydrogen-bond donors (Lipinski definition) is 0. The van der Waals surface area contributed by atoms with Gasteiger partial charge in [-0.15, -0.1) is 0 Å². The van der Waals surface area contributed by atoms with Gasteiger partial charge in [-0.1, -0.05) is 0 Å². The van der Waals surface area contributed by atoms with Crippen LogP contribution in [0, 0.1) is 30.6 Å². The molecule has 1 aromatic rings. The lowest BCUT2D eigenvalue weighted by Gasteiger charge is -2.36. The smallest absolute Gasteiger partial charge is 0.255 e. The quantitative estimate of drug-likeness (QED) is 0.776. The third-order valence-electron chi connectivity index (χ3n) is 3.84. The number of rotatable bonds is 1. The normalized spacial score (nSPS) is 22.9. The molecular weight excluding hydrogens is 238 g/mol. The Bertz CT molecular complexity index is 547. The summed E-state index contributed by atoms with van der Waals surface area (Å²) < 4.78 is 0. The Labute approximate surface area is 114 Å². The summed E-state index contributed by atoms with van der Waals surface area (Å²) in [4.78, 5) is 18.5. The molecular formula is C15H19N3O. The van der Waals surface area contributed by atoms with Crippen LogP contribution in [0.3, 0.4) is 0 Å². The zero-order chi connectivity index (χ0) is 14.0. The summed E-state index contributed by atoms with van der Waals surface area (Å²) in [5.41, 5.74) is 2.16. The largest absolute Gasteiger partial charge is 0.337 e. The third-order valence-corrected chi connectivity index (χ3v) is 3.84. The topological polar surface area (TPSA) is 57.0 Å². The van der Waals surface area contributed by atoms with Crippen molar-refractivity contribution in [1.29, 1.82) is 5.26 Å². The summed E-state index contributed by atoms with van der Waals surface area (Å²) in [6, 6.07) is 4.21. The van der Waals surface area contributed by atoms with Crippen molar-refractivity contribution < 1.29 is 4.79 Å². The molecule has 0 radical (unpaired) electrons. The van der Waals surface area contributed by atoms with E-state index in [1.165, 1.54) is 0 Å². The van der Waals surface area contributed by atoms with E-state index in [2.05, 4.69) is 11.1 Å². The summed E-state index contributed by atoms with van der Waals surface area (Å²) in [7, 11) is 0. The molecule has 0 aliphatic carbocycles. The van der Waals surface area contributed by atoms with E-state index >= 15 is 0 Å². The van der Waals surface area contributed by atoms with Crippen LogP contribution in [0.5, 0.6) is 0 Å². The molecule has 1 aromatic heterocycles. The maximum atomic E-state index is 12.4. The predicted molar refractivity (Wildman–Crippen MR) is 72.6 cm³/mol. The van der Waals surface area contributed by atoms with Crippen LogP contribution in [-0.2, 0) is 0 Å². The Hall–Kier alpha value is -1.89. The van der Waals surface area contributed by atoms with E-state index in [1.54, 1.807) is 11.1 Å². The first-order valence-electron chi connectivity index (χ1n) is 6.59. The van der Waals surface area contributed by atoms with E-state index in [0.29, 0.717) is 12.1 Å². The standard InChI is InChI=1S/C15H19N3O/c1-11-7-13(8-17-12(11)2)14(19)18-6-4-5-15(3,9-16)10-18/h7-8H,4-6,10H2,1-3H3/t15-/m1/s1. The van der Waals surface area contributed by atoms with Gasteiger partial charge in [-0.25, -0.2) is 0 Å². The lowest BCUT2D eigenvalue weighted by atomic mass is 9.83. The molecule has 1 amide bonds. The minimum absolute atomic E-state index is 0.0169. The third kappa shape index (κ3) is 2.76. The number of carbonyl (C=O) groups is 1. The van der Waals surface area contributed by atoms with Crippen molar-refractivity contribution in [3.05, 3.63) is 29.1 Å². The van der Waals surface area contributed by atoms with Crippen LogP contribution < -0.4 is 0 Å². The van der Waals surface area contributed by atoms with E-state index < -0.39 is 5.41 Å². The highest BCUT2D eigenvalue weighted by Gasteiger charge is 2.33. The molecule has 0 saturated carbocycles. The highest BCUT2D eigenvalue weighted by atomic mass is 16.2. The number of nitrogens with zero attached hydrogens (tertiary/aromatic N) is 3. The van der Waals surface area contributed by atoms with Crippen molar-refractivity contribution in [2.45, 2.75) is 33.6 Å². The zero-order valence-electron chi connectivity index (χ0n) is 11.7. The monoisotopic (exact) mass is 257 g/mol. The van der Waals surface area contributed by atoms with Gasteiger partial charge in [0.25, 0.3) is 5.91 Å². The number of piperidine rings is 1. The maximum absolute atomic E-state index is 12.4. The Balaban J connectivity index is 2.20. The number of amides is 1. The summed E-state index contributed by atoms with van der Waals surface area (Å²) in [6.45, 7) is 7.04. The molecule has 4 nitrogen and oxygen atoms in total. The first-order valence-corrected chi connectivity index (χ1v) is 6.59. The molecule has 0 N–H and O–H groups in total. The molecule has 0 bridgehead atoms. The van der Waals surface area contributed by atoms with E-state index in [-0.39, 0.29) is 5.91 Å². The van der Waals surface area contributed by atoms with Crippen molar-refractivity contribution in [3.63, 3.8) is 0 Å². The Morgan fingerprint density at radius 3 is 2.89 bits per heavy atom. The fraction of sp³-hybridized carbons (Fsp3) is 0.533. The minimum atomic E-state index is -0.416. The SMILES string of the molecule is Cc1cc(C(=O)N2CCC[C@](C)(C#N)C2)cnc1C. The number of hydrogen-bond acceptors (Lipinski definition) is 3. The second-order valence-corrected chi connectivity index (χ2v) is 5.63. The van der Waals surface area contributed by atoms with Crippen LogP contribution in [-0.4, -0.2) is 28.9 Å². The summed E-state index contributed by atoms with van der Waals surface area (Å²) in [5, 5.41) is 9.20. The van der Waals surface area contributed by atoms with Crippen molar-refractivity contribution in [3.8, 4) is 6.07 Å². The van der Waals surface area contributed by atoms with Crippen LogP contribution in [0.2, 0.25) is 0 Å². The molecule has 1 atom stereocenters. The van der Waals surface area contributed by atoms with Crippen LogP contribution in [0.1, 0.15) is 41.4 Å². The number of nitriles is 1. The van der Waals surface area contributed by atoms with E-state index in [4.69, 9.17) is 0 Å². The van der Waals surface area contributed by atoms with Crippen LogP contribution in [0.4, 0.5) is 0 Å². The molecule has 0 unspecified atom stereocenters. The van der Waals surface area contributed by atoms with Gasteiger partial charge in [0.15, 0.2) is 0 Å². The lowest BCUT2D eigenvalue weighted by molar-refractivity contribution is 0.0629. The van der Waals surface area contributed by atoms with Crippen molar-refractivity contribution >= 4 is 5.91 Å². The second kappa shape index (κ2) is 5.00. The Morgan fingerprint density at radius 1 is 1.53 bits per heavy atom. The van der Waals surface area contributed by atoms with Crippen LogP contribution in [0.15, 0.2) is 12.3 Å². The van der Waals surface area contributed by atoms with Gasteiger partial charge >= 0.3 is 0 Å². The van der Waals surface area contributed by atoms with Crippen molar-refractivity contribution in [1.82, 2.24) is 9.88 Å². The maximum Gasteiger partial charge on any atom is 0.255 e. The first-order chi connectivity index (χ1) is 8.95. The van der Waals surface area contributed by atoms with Crippen molar-refractivity contribution in [2.75, 3.05) is 13.1 Å². The number of likely N-dealkylation sites (tertiary alicyclic amines) is 1. The van der Waals surface area contributed by atoms with Gasteiger partial charge in [-0.2, -0.15) is 5.26 Å². The fourth-order valence-corrected chi connectivity index (χ4v) is 2.45. The van der Waals surface area contributed by atoms with E-state index in [9.17, 15) is 10.1 Å². The average Bonchev–Trinajstić information content (AvgIpc) is 2.41. The first kappa shape index (κ1) is 13.5. The number of aryl methyl sites for hydroxylation is 2. The lowest BCUT2D eigenvalue weighted by Crippen LogP contribution is -2.44. The van der Waals surface area contributed by atoms with E-state index in [1.807, 2.05) is 26.8 Å². The Morgan fingerprint density at radius 2 is 2.26 bits per heavy atom. The van der Waals surface area contributed by atoms with Gasteiger partial charge in [0.05, 0.1) is 17.0 Å². The molecule has 2 rings (SSSR count). The summed E-state index contributed by atoms with van der Waals surface area (Å²) in [5.74, 6) is -0.0169. The molecule has 1 fully saturated rings. The van der Waals surface area contributed by atoms with Gasteiger partial charge in [0, 0.05) is 25.0 Å². The minimum Gasteiger partial charge on any atom is -0.337 e. The summed E-state index contributed by atoms with van der Waals surface area (Å²) >= 11 is 0. The van der Waals surface area contributed by atoms with Gasteiger partial charge in [-0.3, -0.25) is 9.78 Å². The molecule has 100 valence electrons. The number of carbonyl (C=O) groups excluding carboxylic acids is 1. The number of aromatic nitrogens is 1. The molecule has 2 heterocycles. The fourth-order valence-electron chi connectivity index (χ4n) is 2.45. The Kier molecular flexibility index (Phi) is 3.57. The predicted octanol–water partition coefficient (Wildman–Crippen LogP) is 2.46. The molecule has 0 aromatic carbocycles. The average molecular weight is 257 g/mol. The zero-order valence-corrected chi connectivity index (χ0v) is 11.7. The van der Waals surface area contributed by atoms with Gasteiger partial charge in [0.1, 0.15) is 0 Å². The highest BCUT2D eigenvalue weighted by molar-refractivity contribution is 5.94. The molecule has 1 aliphatic heterocycles. The molecule has 0 spiro atoms. The van der Waals surface area contributed by atoms with Gasteiger partial charge in [0.2, 0.25) is 0 Å². The van der Waals surface area contributed by atoms with Gasteiger partial charge < -0.3 is 4.90 Å². The molecule has 4 heteroatoms. The second-order valence-electron chi connectivity index (χ2n) is 5.63. The van der Waals surface area contributed by atoms with Crippen LogP contribution in [0.25, 0.3) is 0 Å². The summed E-state index contributed by atoms with van der Waals surface area (Å²) in [6.07, 6.45) is 3.37. The van der Waals surface area contributed by atoms with Crippen molar-refractivity contribution in [2.24, 2.45) is 5.41 Å². The molecule has 19 heavy (non-hydrogen) atoms. The highest BCUT2D eigenvalue weighted by Crippen LogP contribution is 2.29. The van der Waals surface area contributed by atoms with Gasteiger partial charge in [-0.05, 0) is 45.2 Å². The van der Waals surface area contributed by atoms with E-state index in [0.717, 1.165) is 30.6 Å².